The van der Waals surface area contributed by atoms with Gasteiger partial charge >= 0.3 is 5.97 Å². The second kappa shape index (κ2) is 9.69. The molecule has 2 aliphatic heterocycles. The summed E-state index contributed by atoms with van der Waals surface area (Å²) in [6.45, 7) is 4.78. The van der Waals surface area contributed by atoms with Crippen LogP contribution in [0.4, 0.5) is 0 Å². The standard InChI is InChI=1S/C21H28N4O5S/c1-3-24(4-2)14(26)10-13-11-31-20-16(19(28)25(20)17(13)21(29)30)23-18(27)15(22)12-8-6-5-7-9-12/h5-6,9,15-16,20H,3-4,7-8,10-11,22H2,1-2H3,(H,23,27)(H,29,30)/t15?,16-,20+/m1/s1. The predicted octanol–water partition coefficient (Wildman–Crippen LogP) is 0.587. The van der Waals surface area contributed by atoms with Crippen LogP contribution in [0, 0.1) is 0 Å². The monoisotopic (exact) mass is 448 g/mol. The fourth-order valence-electron chi connectivity index (χ4n) is 3.97. The minimum Gasteiger partial charge on any atom is -0.477 e. The van der Waals surface area contributed by atoms with E-state index in [0.29, 0.717) is 37.3 Å². The highest BCUT2D eigenvalue weighted by atomic mass is 32.2. The summed E-state index contributed by atoms with van der Waals surface area (Å²) in [5.41, 5.74) is 7.11. The smallest absolute Gasteiger partial charge is 0.352 e. The number of nitrogens with one attached hydrogen (secondary N) is 1. The average molecular weight is 449 g/mol. The number of hydrogen-bond acceptors (Lipinski definition) is 6. The summed E-state index contributed by atoms with van der Waals surface area (Å²) in [7, 11) is 0. The van der Waals surface area contributed by atoms with Crippen LogP contribution in [0.2, 0.25) is 0 Å². The van der Waals surface area contributed by atoms with Crippen LogP contribution in [0.15, 0.2) is 35.1 Å². The van der Waals surface area contributed by atoms with Gasteiger partial charge in [0.15, 0.2) is 0 Å². The molecule has 3 aliphatic rings. The second-order valence-electron chi connectivity index (χ2n) is 7.56. The van der Waals surface area contributed by atoms with Crippen LogP contribution < -0.4 is 11.1 Å². The van der Waals surface area contributed by atoms with Crippen LogP contribution in [0.5, 0.6) is 0 Å². The van der Waals surface area contributed by atoms with Crippen molar-refractivity contribution in [3.05, 3.63) is 35.1 Å². The summed E-state index contributed by atoms with van der Waals surface area (Å²) >= 11 is 1.34. The minimum absolute atomic E-state index is 0.0453. The number of carbonyl (C=O) groups excluding carboxylic acids is 3. The van der Waals surface area contributed by atoms with Crippen molar-refractivity contribution in [1.29, 1.82) is 0 Å². The molecular formula is C21H28N4O5S. The first kappa shape index (κ1) is 23.1. The maximum absolute atomic E-state index is 12.8. The number of allylic oxidation sites excluding steroid dienone is 3. The predicted molar refractivity (Wildman–Crippen MR) is 117 cm³/mol. The third-order valence-corrected chi connectivity index (χ3v) is 7.09. The maximum atomic E-state index is 12.8. The summed E-state index contributed by atoms with van der Waals surface area (Å²) < 4.78 is 0. The van der Waals surface area contributed by atoms with Crippen molar-refractivity contribution in [3.63, 3.8) is 0 Å². The number of nitrogens with two attached hydrogens (primary N) is 1. The van der Waals surface area contributed by atoms with E-state index in [0.717, 1.165) is 5.57 Å². The van der Waals surface area contributed by atoms with Crippen LogP contribution in [-0.4, -0.2) is 74.9 Å². The highest BCUT2D eigenvalue weighted by molar-refractivity contribution is 8.00. The molecule has 0 bridgehead atoms. The number of aliphatic carboxylic acids is 1. The summed E-state index contributed by atoms with van der Waals surface area (Å²) in [4.78, 5) is 52.5. The molecule has 31 heavy (non-hydrogen) atoms. The normalized spacial score (nSPS) is 23.5. The van der Waals surface area contributed by atoms with Crippen molar-refractivity contribution in [1.82, 2.24) is 15.1 Å². The Morgan fingerprint density at radius 2 is 2.03 bits per heavy atom. The number of carboxylic acid groups (broad SMARTS) is 1. The Bertz CT molecular complexity index is 877. The summed E-state index contributed by atoms with van der Waals surface area (Å²) in [6, 6.07) is -1.69. The van der Waals surface area contributed by atoms with E-state index in [1.165, 1.54) is 16.7 Å². The molecule has 1 saturated heterocycles. The fraction of sp³-hybridized carbons (Fsp3) is 0.524. The molecule has 9 nitrogen and oxygen atoms in total. The van der Waals surface area contributed by atoms with E-state index in [-0.39, 0.29) is 18.0 Å². The summed E-state index contributed by atoms with van der Waals surface area (Å²) in [6.07, 6.45) is 7.10. The number of carboxylic acids is 1. The molecule has 4 N–H and O–H groups in total. The average Bonchev–Trinajstić information content (AvgIpc) is 2.77. The molecule has 0 radical (unpaired) electrons. The Morgan fingerprint density at radius 3 is 2.61 bits per heavy atom. The first-order valence-electron chi connectivity index (χ1n) is 10.4. The van der Waals surface area contributed by atoms with Gasteiger partial charge in [-0.1, -0.05) is 18.2 Å². The van der Waals surface area contributed by atoms with Gasteiger partial charge in [-0.3, -0.25) is 19.3 Å². The number of amides is 3. The molecule has 0 aromatic heterocycles. The van der Waals surface area contributed by atoms with E-state index in [1.807, 2.05) is 32.1 Å². The minimum atomic E-state index is -1.25. The van der Waals surface area contributed by atoms with Gasteiger partial charge in [0.25, 0.3) is 5.91 Å². The van der Waals surface area contributed by atoms with Gasteiger partial charge in [0.2, 0.25) is 11.8 Å². The van der Waals surface area contributed by atoms with Crippen molar-refractivity contribution >= 4 is 35.5 Å². The van der Waals surface area contributed by atoms with Gasteiger partial charge in [-0.2, -0.15) is 0 Å². The third kappa shape index (κ3) is 4.54. The lowest BCUT2D eigenvalue weighted by atomic mass is 9.97. The molecule has 0 aromatic carbocycles. The van der Waals surface area contributed by atoms with Crippen molar-refractivity contribution in [2.24, 2.45) is 5.73 Å². The third-order valence-electron chi connectivity index (χ3n) is 5.75. The molecule has 10 heteroatoms. The number of nitrogens with zero attached hydrogens (tertiary/aromatic N) is 2. The van der Waals surface area contributed by atoms with Gasteiger partial charge in [-0.05, 0) is 37.8 Å². The Labute approximate surface area is 185 Å². The summed E-state index contributed by atoms with van der Waals surface area (Å²) in [5.74, 6) is -2.07. The number of thioether (sulfide) groups is 1. The number of carbonyl (C=O) groups is 4. The molecule has 1 fully saturated rings. The summed E-state index contributed by atoms with van der Waals surface area (Å²) in [5, 5.41) is 11.9. The topological polar surface area (TPSA) is 133 Å². The molecule has 0 aromatic rings. The highest BCUT2D eigenvalue weighted by Gasteiger charge is 2.54. The molecule has 3 amide bonds. The number of β-lactam (4-membered cyclic amide) rings is 1. The largest absolute Gasteiger partial charge is 0.477 e. The number of hydrogen-bond donors (Lipinski definition) is 3. The van der Waals surface area contributed by atoms with E-state index in [9.17, 15) is 24.3 Å². The van der Waals surface area contributed by atoms with Crippen LogP contribution in [-0.2, 0) is 19.2 Å². The van der Waals surface area contributed by atoms with Crippen molar-refractivity contribution in [2.75, 3.05) is 18.8 Å². The Hall–Kier alpha value is -2.59. The van der Waals surface area contributed by atoms with E-state index in [4.69, 9.17) is 5.73 Å². The lowest BCUT2D eigenvalue weighted by molar-refractivity contribution is -0.150. The molecule has 3 rings (SSSR count). The second-order valence-corrected chi connectivity index (χ2v) is 8.67. The molecular weight excluding hydrogens is 420 g/mol. The Kier molecular flexibility index (Phi) is 7.22. The fourth-order valence-corrected chi connectivity index (χ4v) is 5.32. The zero-order valence-corrected chi connectivity index (χ0v) is 18.5. The highest BCUT2D eigenvalue weighted by Crippen LogP contribution is 2.41. The maximum Gasteiger partial charge on any atom is 0.352 e. The van der Waals surface area contributed by atoms with Crippen LogP contribution in [0.25, 0.3) is 0 Å². The van der Waals surface area contributed by atoms with Crippen molar-refractivity contribution < 1.29 is 24.3 Å². The van der Waals surface area contributed by atoms with E-state index in [2.05, 4.69) is 5.32 Å². The van der Waals surface area contributed by atoms with Gasteiger partial charge in [0.05, 0.1) is 6.42 Å². The Morgan fingerprint density at radius 1 is 1.32 bits per heavy atom. The zero-order chi connectivity index (χ0) is 22.7. The molecule has 0 spiro atoms. The molecule has 168 valence electrons. The first-order chi connectivity index (χ1) is 14.8. The number of fused-ring (bicyclic) bond motifs is 1. The van der Waals surface area contributed by atoms with Crippen LogP contribution in [0.3, 0.4) is 0 Å². The van der Waals surface area contributed by atoms with Gasteiger partial charge < -0.3 is 21.1 Å². The number of rotatable bonds is 8. The van der Waals surface area contributed by atoms with Gasteiger partial charge in [-0.25, -0.2) is 4.79 Å². The van der Waals surface area contributed by atoms with Gasteiger partial charge in [0, 0.05) is 18.8 Å². The van der Waals surface area contributed by atoms with E-state index in [1.54, 1.807) is 4.90 Å². The SMILES string of the molecule is CCN(CC)C(=O)CC1=C(C(=O)O)N2C(=O)[C@@H](NC(=O)C(N)C3=CCC=CC3)[C@@H]2SC1. The Balaban J connectivity index is 1.71. The van der Waals surface area contributed by atoms with Gasteiger partial charge in [-0.15, -0.1) is 11.8 Å². The molecule has 3 atom stereocenters. The van der Waals surface area contributed by atoms with E-state index < -0.39 is 35.2 Å². The molecule has 1 aliphatic carbocycles. The quantitative estimate of drug-likeness (QED) is 0.365. The lowest BCUT2D eigenvalue weighted by Crippen LogP contribution is -2.71. The van der Waals surface area contributed by atoms with Crippen LogP contribution >= 0.6 is 11.8 Å². The van der Waals surface area contributed by atoms with E-state index >= 15 is 0 Å². The zero-order valence-electron chi connectivity index (χ0n) is 17.7. The molecule has 1 unspecified atom stereocenters. The molecule has 2 heterocycles. The van der Waals surface area contributed by atoms with Crippen molar-refractivity contribution in [2.45, 2.75) is 50.6 Å². The van der Waals surface area contributed by atoms with Gasteiger partial charge in [0.1, 0.15) is 23.2 Å². The van der Waals surface area contributed by atoms with Crippen LogP contribution in [0.1, 0.15) is 33.1 Å². The first-order valence-corrected chi connectivity index (χ1v) is 11.4. The lowest BCUT2D eigenvalue weighted by Gasteiger charge is -2.49. The molecule has 0 saturated carbocycles. The van der Waals surface area contributed by atoms with Crippen molar-refractivity contribution in [3.8, 4) is 0 Å².